The van der Waals surface area contributed by atoms with Gasteiger partial charge in [0, 0.05) is 12.2 Å². The van der Waals surface area contributed by atoms with Crippen LogP contribution < -0.4 is 5.32 Å². The minimum Gasteiger partial charge on any atom is -0.382 e. The zero-order valence-corrected chi connectivity index (χ0v) is 12.1. The van der Waals surface area contributed by atoms with E-state index in [0.29, 0.717) is 0 Å². The Morgan fingerprint density at radius 2 is 1.50 bits per heavy atom. The largest absolute Gasteiger partial charge is 0.382 e. The standard InChI is InChI=1S/C9H11N.C8H18/c1-2-8-10-9-6-4-3-5-7-9;1-3-5-7-8-6-4-2/h2-7,10H,1,8H2;3-8H2,1-2H3. The second-order valence-corrected chi connectivity index (χ2v) is 4.45. The summed E-state index contributed by atoms with van der Waals surface area (Å²) in [5, 5.41) is 3.18. The molecule has 0 unspecified atom stereocenters. The third-order valence-corrected chi connectivity index (χ3v) is 2.68. The van der Waals surface area contributed by atoms with Gasteiger partial charge in [-0.2, -0.15) is 0 Å². The van der Waals surface area contributed by atoms with Gasteiger partial charge >= 0.3 is 0 Å². The number of rotatable bonds is 8. The lowest BCUT2D eigenvalue weighted by molar-refractivity contribution is 0.624. The van der Waals surface area contributed by atoms with Gasteiger partial charge in [0.15, 0.2) is 0 Å². The molecular weight excluding hydrogens is 218 g/mol. The summed E-state index contributed by atoms with van der Waals surface area (Å²) in [5.74, 6) is 0. The van der Waals surface area contributed by atoms with Crippen LogP contribution in [0.2, 0.25) is 0 Å². The first-order valence-corrected chi connectivity index (χ1v) is 7.24. The van der Waals surface area contributed by atoms with Gasteiger partial charge in [0.1, 0.15) is 0 Å². The highest BCUT2D eigenvalue weighted by atomic mass is 14.8. The highest BCUT2D eigenvalue weighted by Gasteiger charge is 1.83. The minimum atomic E-state index is 0.823. The Labute approximate surface area is 113 Å². The molecule has 1 aromatic carbocycles. The number of para-hydroxylation sites is 1. The third-order valence-electron chi connectivity index (χ3n) is 2.68. The first-order chi connectivity index (χ1) is 8.85. The maximum absolute atomic E-state index is 3.61. The van der Waals surface area contributed by atoms with E-state index in [-0.39, 0.29) is 0 Å². The van der Waals surface area contributed by atoms with Crippen molar-refractivity contribution >= 4 is 5.69 Å². The van der Waals surface area contributed by atoms with Crippen molar-refractivity contribution in [3.8, 4) is 0 Å². The number of hydrogen-bond donors (Lipinski definition) is 1. The molecule has 0 saturated carbocycles. The summed E-state index contributed by atoms with van der Waals surface area (Å²) in [5.41, 5.74) is 1.14. The topological polar surface area (TPSA) is 12.0 Å². The average Bonchev–Trinajstić information content (AvgIpc) is 2.43. The lowest BCUT2D eigenvalue weighted by Gasteiger charge is -2.00. The van der Waals surface area contributed by atoms with Gasteiger partial charge in [-0.3, -0.25) is 0 Å². The Bertz CT molecular complexity index is 260. The van der Waals surface area contributed by atoms with Gasteiger partial charge in [-0.15, -0.1) is 6.58 Å². The van der Waals surface area contributed by atoms with E-state index in [2.05, 4.69) is 25.7 Å². The van der Waals surface area contributed by atoms with Crippen LogP contribution in [0.25, 0.3) is 0 Å². The van der Waals surface area contributed by atoms with Crippen LogP contribution in [0.4, 0.5) is 5.69 Å². The predicted molar refractivity (Wildman–Crippen MR) is 84.2 cm³/mol. The highest BCUT2D eigenvalue weighted by molar-refractivity contribution is 5.42. The molecule has 1 heteroatoms. The van der Waals surface area contributed by atoms with E-state index < -0.39 is 0 Å². The van der Waals surface area contributed by atoms with Crippen molar-refractivity contribution in [2.24, 2.45) is 0 Å². The molecule has 0 aliphatic rings. The summed E-state index contributed by atoms with van der Waals surface area (Å²) in [6, 6.07) is 10.1. The Kier molecular flexibility index (Phi) is 12.9. The van der Waals surface area contributed by atoms with Gasteiger partial charge in [-0.1, -0.05) is 76.6 Å². The molecule has 102 valence electrons. The van der Waals surface area contributed by atoms with Crippen molar-refractivity contribution in [2.75, 3.05) is 11.9 Å². The van der Waals surface area contributed by atoms with E-state index in [1.807, 2.05) is 36.4 Å². The van der Waals surface area contributed by atoms with Crippen molar-refractivity contribution in [2.45, 2.75) is 52.4 Å². The van der Waals surface area contributed by atoms with Crippen molar-refractivity contribution in [3.63, 3.8) is 0 Å². The van der Waals surface area contributed by atoms with Gasteiger partial charge in [0.2, 0.25) is 0 Å². The lowest BCUT2D eigenvalue weighted by atomic mass is 10.1. The van der Waals surface area contributed by atoms with Crippen LogP contribution >= 0.6 is 0 Å². The van der Waals surface area contributed by atoms with Gasteiger partial charge in [0.25, 0.3) is 0 Å². The van der Waals surface area contributed by atoms with Gasteiger partial charge < -0.3 is 5.32 Å². The molecule has 1 N–H and O–H groups in total. The SMILES string of the molecule is C=CCNc1ccccc1.CCCCCCCC. The summed E-state index contributed by atoms with van der Waals surface area (Å²) in [6.45, 7) is 8.95. The Morgan fingerprint density at radius 1 is 0.944 bits per heavy atom. The van der Waals surface area contributed by atoms with Crippen LogP contribution in [0, 0.1) is 0 Å². The Hall–Kier alpha value is -1.24. The molecule has 0 fully saturated rings. The molecule has 0 spiro atoms. The van der Waals surface area contributed by atoms with E-state index in [4.69, 9.17) is 0 Å². The zero-order chi connectivity index (χ0) is 13.5. The van der Waals surface area contributed by atoms with E-state index in [9.17, 15) is 0 Å². The van der Waals surface area contributed by atoms with Crippen molar-refractivity contribution in [3.05, 3.63) is 43.0 Å². The van der Waals surface area contributed by atoms with Gasteiger partial charge in [-0.05, 0) is 12.1 Å². The quantitative estimate of drug-likeness (QED) is 0.462. The molecule has 0 aromatic heterocycles. The number of unbranched alkanes of at least 4 members (excludes halogenated alkanes) is 5. The Balaban J connectivity index is 0.000000331. The average molecular weight is 247 g/mol. The molecule has 0 amide bonds. The van der Waals surface area contributed by atoms with E-state index in [1.165, 1.54) is 38.5 Å². The zero-order valence-electron chi connectivity index (χ0n) is 12.1. The fourth-order valence-electron chi connectivity index (χ4n) is 1.60. The fourth-order valence-corrected chi connectivity index (χ4v) is 1.60. The molecule has 0 aliphatic heterocycles. The molecular formula is C17H29N. The summed E-state index contributed by atoms with van der Waals surface area (Å²) in [6.07, 6.45) is 10.3. The first kappa shape index (κ1) is 16.8. The molecule has 1 aromatic rings. The summed E-state index contributed by atoms with van der Waals surface area (Å²) < 4.78 is 0. The molecule has 0 atom stereocenters. The number of benzene rings is 1. The van der Waals surface area contributed by atoms with Crippen molar-refractivity contribution in [1.29, 1.82) is 0 Å². The van der Waals surface area contributed by atoms with Crippen LogP contribution in [0.1, 0.15) is 52.4 Å². The normalized spacial score (nSPS) is 9.22. The maximum atomic E-state index is 3.61. The molecule has 0 heterocycles. The number of nitrogens with one attached hydrogen (secondary N) is 1. The smallest absolute Gasteiger partial charge is 0.0342 e. The van der Waals surface area contributed by atoms with Crippen molar-refractivity contribution < 1.29 is 0 Å². The van der Waals surface area contributed by atoms with E-state index in [0.717, 1.165) is 12.2 Å². The lowest BCUT2D eigenvalue weighted by Crippen LogP contribution is -1.96. The monoisotopic (exact) mass is 247 g/mol. The van der Waals surface area contributed by atoms with Crippen LogP contribution in [0.5, 0.6) is 0 Å². The number of anilines is 1. The molecule has 0 aliphatic carbocycles. The summed E-state index contributed by atoms with van der Waals surface area (Å²) in [7, 11) is 0. The van der Waals surface area contributed by atoms with Gasteiger partial charge in [0.05, 0.1) is 0 Å². The summed E-state index contributed by atoms with van der Waals surface area (Å²) in [4.78, 5) is 0. The molecule has 0 saturated heterocycles. The van der Waals surface area contributed by atoms with Crippen LogP contribution in [-0.2, 0) is 0 Å². The molecule has 0 radical (unpaired) electrons. The molecule has 1 nitrogen and oxygen atoms in total. The maximum Gasteiger partial charge on any atom is 0.0342 e. The Morgan fingerprint density at radius 3 is 1.94 bits per heavy atom. The van der Waals surface area contributed by atoms with Crippen LogP contribution in [0.15, 0.2) is 43.0 Å². The van der Waals surface area contributed by atoms with E-state index >= 15 is 0 Å². The predicted octanol–water partition coefficient (Wildman–Crippen LogP) is 5.65. The van der Waals surface area contributed by atoms with Crippen LogP contribution in [-0.4, -0.2) is 6.54 Å². The van der Waals surface area contributed by atoms with Gasteiger partial charge in [-0.25, -0.2) is 0 Å². The number of hydrogen-bond acceptors (Lipinski definition) is 1. The highest BCUT2D eigenvalue weighted by Crippen LogP contribution is 2.03. The fraction of sp³-hybridized carbons (Fsp3) is 0.529. The first-order valence-electron chi connectivity index (χ1n) is 7.24. The van der Waals surface area contributed by atoms with Crippen LogP contribution in [0.3, 0.4) is 0 Å². The van der Waals surface area contributed by atoms with E-state index in [1.54, 1.807) is 0 Å². The summed E-state index contributed by atoms with van der Waals surface area (Å²) >= 11 is 0. The molecule has 1 rings (SSSR count). The molecule has 0 bridgehead atoms. The second kappa shape index (κ2) is 13.8. The molecule has 18 heavy (non-hydrogen) atoms. The second-order valence-electron chi connectivity index (χ2n) is 4.45. The third kappa shape index (κ3) is 11.3. The minimum absolute atomic E-state index is 0.823. The van der Waals surface area contributed by atoms with Crippen molar-refractivity contribution in [1.82, 2.24) is 0 Å².